The van der Waals surface area contributed by atoms with Crippen LogP contribution in [0.25, 0.3) is 0 Å². The summed E-state index contributed by atoms with van der Waals surface area (Å²) in [6.45, 7) is 1.04. The maximum absolute atomic E-state index is 5.63. The van der Waals surface area contributed by atoms with E-state index >= 15 is 0 Å². The second-order valence-electron chi connectivity index (χ2n) is 3.73. The molecule has 1 aliphatic carbocycles. The smallest absolute Gasteiger partial charge is 0.106 e. The molecule has 1 saturated carbocycles. The van der Waals surface area contributed by atoms with Crippen LogP contribution in [-0.2, 0) is 0 Å². The van der Waals surface area contributed by atoms with Crippen LogP contribution in [0.2, 0.25) is 0 Å². The van der Waals surface area contributed by atoms with Crippen LogP contribution in [0.1, 0.15) is 18.4 Å². The molecule has 0 spiro atoms. The van der Waals surface area contributed by atoms with E-state index in [9.17, 15) is 0 Å². The predicted molar refractivity (Wildman–Crippen MR) is 63.5 cm³/mol. The normalized spacial score (nSPS) is 15.1. The molecule has 1 aromatic rings. The average Bonchev–Trinajstić information content (AvgIpc) is 2.98. The van der Waals surface area contributed by atoms with Crippen LogP contribution in [0.15, 0.2) is 24.3 Å². The number of rotatable bonds is 4. The minimum atomic E-state index is 0.462. The summed E-state index contributed by atoms with van der Waals surface area (Å²) in [5.41, 5.74) is 7.64. The summed E-state index contributed by atoms with van der Waals surface area (Å²) in [7, 11) is 0. The molecule has 0 unspecified atom stereocenters. The first-order valence-corrected chi connectivity index (χ1v) is 5.31. The molecule has 74 valence electrons. The van der Waals surface area contributed by atoms with Crippen LogP contribution in [0.4, 0.5) is 5.69 Å². The van der Waals surface area contributed by atoms with Gasteiger partial charge in [-0.3, -0.25) is 0 Å². The van der Waals surface area contributed by atoms with Gasteiger partial charge >= 0.3 is 0 Å². The van der Waals surface area contributed by atoms with Crippen molar-refractivity contribution in [3.63, 3.8) is 0 Å². The molecule has 0 aliphatic heterocycles. The summed E-state index contributed by atoms with van der Waals surface area (Å²) in [6.07, 6.45) is 2.70. The van der Waals surface area contributed by atoms with Crippen molar-refractivity contribution in [2.75, 3.05) is 11.9 Å². The van der Waals surface area contributed by atoms with Gasteiger partial charge < -0.3 is 11.1 Å². The number of benzene rings is 1. The van der Waals surface area contributed by atoms with Crippen molar-refractivity contribution in [3.8, 4) is 0 Å². The number of para-hydroxylation sites is 1. The Morgan fingerprint density at radius 3 is 2.79 bits per heavy atom. The Kier molecular flexibility index (Phi) is 2.68. The van der Waals surface area contributed by atoms with E-state index in [1.54, 1.807) is 0 Å². The minimum absolute atomic E-state index is 0.462. The molecule has 0 saturated heterocycles. The molecule has 1 fully saturated rings. The van der Waals surface area contributed by atoms with Crippen LogP contribution in [0.5, 0.6) is 0 Å². The summed E-state index contributed by atoms with van der Waals surface area (Å²) in [4.78, 5) is 0.462. The first kappa shape index (κ1) is 9.46. The third-order valence-corrected chi connectivity index (χ3v) is 2.69. The Bertz CT molecular complexity index is 345. The fraction of sp³-hybridized carbons (Fsp3) is 0.364. The highest BCUT2D eigenvalue weighted by atomic mass is 32.1. The summed E-state index contributed by atoms with van der Waals surface area (Å²) in [6, 6.07) is 7.93. The molecule has 0 radical (unpaired) electrons. The van der Waals surface area contributed by atoms with Crippen molar-refractivity contribution in [2.45, 2.75) is 12.8 Å². The van der Waals surface area contributed by atoms with Gasteiger partial charge in [-0.25, -0.2) is 0 Å². The van der Waals surface area contributed by atoms with Gasteiger partial charge in [-0.1, -0.05) is 24.4 Å². The largest absolute Gasteiger partial charge is 0.389 e. The Balaban J connectivity index is 2.09. The SMILES string of the molecule is NC(=S)c1ccccc1NCC1CC1. The Morgan fingerprint density at radius 2 is 2.14 bits per heavy atom. The van der Waals surface area contributed by atoms with Crippen LogP contribution >= 0.6 is 12.2 Å². The van der Waals surface area contributed by atoms with Crippen LogP contribution in [-0.4, -0.2) is 11.5 Å². The van der Waals surface area contributed by atoms with Crippen molar-refractivity contribution in [3.05, 3.63) is 29.8 Å². The number of hydrogen-bond donors (Lipinski definition) is 2. The van der Waals surface area contributed by atoms with Crippen LogP contribution in [0, 0.1) is 5.92 Å². The fourth-order valence-corrected chi connectivity index (χ4v) is 1.61. The number of hydrogen-bond acceptors (Lipinski definition) is 2. The monoisotopic (exact) mass is 206 g/mol. The average molecular weight is 206 g/mol. The topological polar surface area (TPSA) is 38.0 Å². The summed E-state index contributed by atoms with van der Waals surface area (Å²) in [5, 5.41) is 3.39. The summed E-state index contributed by atoms with van der Waals surface area (Å²) in [5.74, 6) is 0.856. The number of nitrogens with one attached hydrogen (secondary N) is 1. The molecule has 0 bridgehead atoms. The maximum Gasteiger partial charge on any atom is 0.106 e. The molecule has 1 aliphatic rings. The molecular weight excluding hydrogens is 192 g/mol. The van der Waals surface area contributed by atoms with Gasteiger partial charge in [0.05, 0.1) is 0 Å². The van der Waals surface area contributed by atoms with Gasteiger partial charge in [-0.2, -0.15) is 0 Å². The molecule has 3 N–H and O–H groups in total. The third-order valence-electron chi connectivity index (χ3n) is 2.47. The highest BCUT2D eigenvalue weighted by Crippen LogP contribution is 2.29. The van der Waals surface area contributed by atoms with Gasteiger partial charge in [0.2, 0.25) is 0 Å². The summed E-state index contributed by atoms with van der Waals surface area (Å²) < 4.78 is 0. The lowest BCUT2D eigenvalue weighted by Gasteiger charge is -2.09. The first-order valence-electron chi connectivity index (χ1n) is 4.90. The van der Waals surface area contributed by atoms with Gasteiger partial charge in [0.25, 0.3) is 0 Å². The van der Waals surface area contributed by atoms with Gasteiger partial charge in [0, 0.05) is 17.8 Å². The molecule has 0 amide bonds. The zero-order valence-electron chi connectivity index (χ0n) is 7.99. The second kappa shape index (κ2) is 3.96. The van der Waals surface area contributed by atoms with E-state index in [1.807, 2.05) is 24.3 Å². The van der Waals surface area contributed by atoms with Crippen LogP contribution < -0.4 is 11.1 Å². The molecule has 14 heavy (non-hydrogen) atoms. The second-order valence-corrected chi connectivity index (χ2v) is 4.17. The number of anilines is 1. The predicted octanol–water partition coefficient (Wildman–Crippen LogP) is 2.14. The van der Waals surface area contributed by atoms with Gasteiger partial charge in [-0.05, 0) is 30.9 Å². The Labute approximate surface area is 89.5 Å². The molecule has 0 aromatic heterocycles. The van der Waals surface area contributed by atoms with E-state index in [1.165, 1.54) is 12.8 Å². The highest BCUT2D eigenvalue weighted by Gasteiger charge is 2.20. The van der Waals surface area contributed by atoms with Crippen molar-refractivity contribution in [1.29, 1.82) is 0 Å². The Hall–Kier alpha value is -1.09. The lowest BCUT2D eigenvalue weighted by Crippen LogP contribution is -2.14. The molecular formula is C11H14N2S. The molecule has 2 rings (SSSR count). The van der Waals surface area contributed by atoms with E-state index in [0.717, 1.165) is 23.7 Å². The standard InChI is InChI=1S/C11H14N2S/c12-11(14)9-3-1-2-4-10(9)13-7-8-5-6-8/h1-4,8,13H,5-7H2,(H2,12,14). The van der Waals surface area contributed by atoms with Gasteiger partial charge in [0.1, 0.15) is 4.99 Å². The van der Waals surface area contributed by atoms with Crippen molar-refractivity contribution < 1.29 is 0 Å². The molecule has 2 nitrogen and oxygen atoms in total. The lowest BCUT2D eigenvalue weighted by atomic mass is 10.1. The van der Waals surface area contributed by atoms with Crippen molar-refractivity contribution >= 4 is 22.9 Å². The van der Waals surface area contributed by atoms with Crippen molar-refractivity contribution in [1.82, 2.24) is 0 Å². The number of nitrogens with two attached hydrogens (primary N) is 1. The number of thiocarbonyl (C=S) groups is 1. The zero-order chi connectivity index (χ0) is 9.97. The molecule has 1 aromatic carbocycles. The van der Waals surface area contributed by atoms with Crippen molar-refractivity contribution in [2.24, 2.45) is 11.7 Å². The third kappa shape index (κ3) is 2.23. The highest BCUT2D eigenvalue weighted by molar-refractivity contribution is 7.80. The molecule has 3 heteroatoms. The van der Waals surface area contributed by atoms with E-state index < -0.39 is 0 Å². The molecule has 0 atom stereocenters. The fourth-order valence-electron chi connectivity index (χ4n) is 1.43. The quantitative estimate of drug-likeness (QED) is 0.741. The van der Waals surface area contributed by atoms with Crippen LogP contribution in [0.3, 0.4) is 0 Å². The Morgan fingerprint density at radius 1 is 1.43 bits per heavy atom. The van der Waals surface area contributed by atoms with E-state index in [0.29, 0.717) is 4.99 Å². The van der Waals surface area contributed by atoms with Gasteiger partial charge in [0.15, 0.2) is 0 Å². The lowest BCUT2D eigenvalue weighted by molar-refractivity contribution is 0.889. The first-order chi connectivity index (χ1) is 6.77. The van der Waals surface area contributed by atoms with E-state index in [4.69, 9.17) is 18.0 Å². The minimum Gasteiger partial charge on any atom is -0.389 e. The maximum atomic E-state index is 5.63. The van der Waals surface area contributed by atoms with E-state index in [-0.39, 0.29) is 0 Å². The van der Waals surface area contributed by atoms with Gasteiger partial charge in [-0.15, -0.1) is 0 Å². The summed E-state index contributed by atoms with van der Waals surface area (Å²) >= 11 is 4.98. The zero-order valence-corrected chi connectivity index (χ0v) is 8.81. The van der Waals surface area contributed by atoms with E-state index in [2.05, 4.69) is 5.32 Å². The molecule has 0 heterocycles.